The number of benzene rings is 1. The number of nitrogen functional groups attached to an aromatic ring is 1. The number of nitrogens with zero attached hydrogens (tertiary/aromatic N) is 1. The molecule has 2 rings (SSSR count). The van der Waals surface area contributed by atoms with Crippen LogP contribution in [-0.4, -0.2) is 51.6 Å². The van der Waals surface area contributed by atoms with E-state index in [4.69, 9.17) is 10.5 Å². The quantitative estimate of drug-likeness (QED) is 0.629. The van der Waals surface area contributed by atoms with Gasteiger partial charge in [0.25, 0.3) is 0 Å². The molecule has 116 valence electrons. The third-order valence-electron chi connectivity index (χ3n) is 3.47. The highest BCUT2D eigenvalue weighted by molar-refractivity contribution is 7.89. The molecule has 1 aromatic carbocycles. The van der Waals surface area contributed by atoms with E-state index in [1.54, 1.807) is 19.1 Å². The fraction of sp³-hybridized carbons (Fsp3) is 0.462. The van der Waals surface area contributed by atoms with Gasteiger partial charge in [-0.25, -0.2) is 8.42 Å². The molecule has 0 bridgehead atoms. The highest BCUT2D eigenvalue weighted by atomic mass is 32.2. The SMILES string of the molecule is COC(=O)C1COCCN1S(=O)(=O)c1cccc(N)c1C. The fourth-order valence-corrected chi connectivity index (χ4v) is 4.04. The van der Waals surface area contributed by atoms with Crippen molar-refractivity contribution in [1.29, 1.82) is 0 Å². The van der Waals surface area contributed by atoms with Crippen molar-refractivity contribution in [2.45, 2.75) is 17.9 Å². The van der Waals surface area contributed by atoms with Gasteiger partial charge in [-0.1, -0.05) is 6.07 Å². The molecule has 1 aromatic rings. The Labute approximate surface area is 123 Å². The van der Waals surface area contributed by atoms with Crippen molar-refractivity contribution in [3.05, 3.63) is 23.8 Å². The predicted octanol–water partition coefficient (Wildman–Crippen LogP) is 0.140. The number of anilines is 1. The first-order valence-electron chi connectivity index (χ1n) is 6.42. The van der Waals surface area contributed by atoms with Gasteiger partial charge >= 0.3 is 5.97 Å². The Morgan fingerprint density at radius 1 is 1.48 bits per heavy atom. The Bertz CT molecular complexity index is 644. The van der Waals surface area contributed by atoms with E-state index in [1.807, 2.05) is 0 Å². The molecule has 0 aliphatic carbocycles. The molecule has 1 fully saturated rings. The lowest BCUT2D eigenvalue weighted by Gasteiger charge is -2.33. The molecule has 7 nitrogen and oxygen atoms in total. The standard InChI is InChI=1S/C13H18N2O5S/c1-9-10(14)4-3-5-12(9)21(17,18)15-6-7-20-8-11(15)13(16)19-2/h3-5,11H,6-8,14H2,1-2H3. The van der Waals surface area contributed by atoms with Gasteiger partial charge < -0.3 is 15.2 Å². The lowest BCUT2D eigenvalue weighted by Crippen LogP contribution is -2.52. The number of hydrogen-bond donors (Lipinski definition) is 1. The van der Waals surface area contributed by atoms with E-state index >= 15 is 0 Å². The number of hydrogen-bond acceptors (Lipinski definition) is 6. The summed E-state index contributed by atoms with van der Waals surface area (Å²) < 4.78 is 36.6. The van der Waals surface area contributed by atoms with Crippen molar-refractivity contribution < 1.29 is 22.7 Å². The largest absolute Gasteiger partial charge is 0.468 e. The Morgan fingerprint density at radius 2 is 2.19 bits per heavy atom. The van der Waals surface area contributed by atoms with Crippen LogP contribution in [0.1, 0.15) is 5.56 Å². The third-order valence-corrected chi connectivity index (χ3v) is 5.52. The average Bonchev–Trinajstić information content (AvgIpc) is 2.49. The third kappa shape index (κ3) is 2.87. The molecule has 2 N–H and O–H groups in total. The van der Waals surface area contributed by atoms with Crippen LogP contribution in [-0.2, 0) is 24.3 Å². The van der Waals surface area contributed by atoms with Crippen LogP contribution in [0.15, 0.2) is 23.1 Å². The molecule has 21 heavy (non-hydrogen) atoms. The first-order valence-corrected chi connectivity index (χ1v) is 7.86. The molecule has 1 heterocycles. The Kier molecular flexibility index (Phi) is 4.50. The minimum absolute atomic E-state index is 0.0206. The maximum Gasteiger partial charge on any atom is 0.326 e. The van der Waals surface area contributed by atoms with Crippen LogP contribution in [0.2, 0.25) is 0 Å². The molecule has 0 radical (unpaired) electrons. The van der Waals surface area contributed by atoms with Gasteiger partial charge in [0.05, 0.1) is 25.2 Å². The van der Waals surface area contributed by atoms with Crippen LogP contribution < -0.4 is 5.73 Å². The summed E-state index contributed by atoms with van der Waals surface area (Å²) in [6, 6.07) is 3.70. The van der Waals surface area contributed by atoms with Crippen molar-refractivity contribution in [2.24, 2.45) is 0 Å². The number of methoxy groups -OCH3 is 1. The van der Waals surface area contributed by atoms with E-state index in [9.17, 15) is 13.2 Å². The highest BCUT2D eigenvalue weighted by Crippen LogP contribution is 2.26. The van der Waals surface area contributed by atoms with E-state index in [0.29, 0.717) is 11.3 Å². The van der Waals surface area contributed by atoms with E-state index in [1.165, 1.54) is 13.2 Å². The second-order valence-electron chi connectivity index (χ2n) is 4.70. The lowest BCUT2D eigenvalue weighted by atomic mass is 10.2. The zero-order valence-corrected chi connectivity index (χ0v) is 12.7. The number of rotatable bonds is 3. The summed E-state index contributed by atoms with van der Waals surface area (Å²) in [6.45, 7) is 1.94. The molecule has 0 aromatic heterocycles. The number of esters is 1. The lowest BCUT2D eigenvalue weighted by molar-refractivity contribution is -0.149. The molecule has 1 aliphatic heterocycles. The number of carbonyl (C=O) groups excluding carboxylic acids is 1. The van der Waals surface area contributed by atoms with Crippen molar-refractivity contribution in [3.63, 3.8) is 0 Å². The molecule has 0 amide bonds. The summed E-state index contributed by atoms with van der Waals surface area (Å²) in [5.74, 6) is -0.639. The van der Waals surface area contributed by atoms with Gasteiger partial charge in [0.1, 0.15) is 6.04 Å². The molecular formula is C13H18N2O5S. The summed E-state index contributed by atoms with van der Waals surface area (Å²) >= 11 is 0. The van der Waals surface area contributed by atoms with Gasteiger partial charge in [0.2, 0.25) is 10.0 Å². The first kappa shape index (κ1) is 15.7. The number of sulfonamides is 1. The topological polar surface area (TPSA) is 98.9 Å². The van der Waals surface area contributed by atoms with Crippen molar-refractivity contribution in [3.8, 4) is 0 Å². The Hall–Kier alpha value is -1.64. The summed E-state index contributed by atoms with van der Waals surface area (Å²) in [7, 11) is -2.63. The highest BCUT2D eigenvalue weighted by Gasteiger charge is 2.39. The zero-order valence-electron chi connectivity index (χ0n) is 11.9. The molecule has 0 saturated carbocycles. The molecule has 1 saturated heterocycles. The fourth-order valence-electron chi connectivity index (χ4n) is 2.24. The van der Waals surface area contributed by atoms with Crippen molar-refractivity contribution >= 4 is 21.7 Å². The van der Waals surface area contributed by atoms with Gasteiger partial charge in [-0.3, -0.25) is 4.79 Å². The van der Waals surface area contributed by atoms with Gasteiger partial charge in [0.15, 0.2) is 0 Å². The normalized spacial score (nSPS) is 20.2. The minimum atomic E-state index is -3.85. The van der Waals surface area contributed by atoms with Gasteiger partial charge in [-0.2, -0.15) is 4.31 Å². The number of ether oxygens (including phenoxy) is 2. The maximum absolute atomic E-state index is 12.8. The summed E-state index contributed by atoms with van der Waals surface area (Å²) in [5, 5.41) is 0. The van der Waals surface area contributed by atoms with Crippen LogP contribution in [0.5, 0.6) is 0 Å². The van der Waals surface area contributed by atoms with Gasteiger partial charge in [-0.15, -0.1) is 0 Å². The van der Waals surface area contributed by atoms with Gasteiger partial charge in [0, 0.05) is 12.2 Å². The molecular weight excluding hydrogens is 296 g/mol. The number of nitrogens with two attached hydrogens (primary N) is 1. The average molecular weight is 314 g/mol. The van der Waals surface area contributed by atoms with Crippen LogP contribution in [0.3, 0.4) is 0 Å². The molecule has 1 unspecified atom stereocenters. The summed E-state index contributed by atoms with van der Waals surface area (Å²) in [4.78, 5) is 11.9. The van der Waals surface area contributed by atoms with Crippen LogP contribution in [0.25, 0.3) is 0 Å². The Morgan fingerprint density at radius 3 is 2.86 bits per heavy atom. The maximum atomic E-state index is 12.8. The first-order chi connectivity index (χ1) is 9.89. The predicted molar refractivity (Wildman–Crippen MR) is 76.1 cm³/mol. The molecule has 1 aliphatic rings. The number of morpholine rings is 1. The number of carbonyl (C=O) groups is 1. The van der Waals surface area contributed by atoms with Crippen molar-refractivity contribution in [1.82, 2.24) is 4.31 Å². The van der Waals surface area contributed by atoms with Gasteiger partial charge in [-0.05, 0) is 24.6 Å². The van der Waals surface area contributed by atoms with Crippen LogP contribution in [0.4, 0.5) is 5.69 Å². The molecule has 1 atom stereocenters. The van der Waals surface area contributed by atoms with E-state index < -0.39 is 22.0 Å². The monoisotopic (exact) mass is 314 g/mol. The van der Waals surface area contributed by atoms with E-state index in [2.05, 4.69) is 4.74 Å². The van der Waals surface area contributed by atoms with E-state index in [0.717, 1.165) is 4.31 Å². The summed E-state index contributed by atoms with van der Waals surface area (Å²) in [5.41, 5.74) is 6.62. The zero-order chi connectivity index (χ0) is 15.6. The molecule has 8 heteroatoms. The minimum Gasteiger partial charge on any atom is -0.468 e. The summed E-state index contributed by atoms with van der Waals surface area (Å²) in [6.07, 6.45) is 0. The Balaban J connectivity index is 2.46. The van der Waals surface area contributed by atoms with Crippen molar-refractivity contribution in [2.75, 3.05) is 32.6 Å². The van der Waals surface area contributed by atoms with E-state index in [-0.39, 0.29) is 24.7 Å². The van der Waals surface area contributed by atoms with Crippen LogP contribution in [0, 0.1) is 6.92 Å². The van der Waals surface area contributed by atoms with Crippen LogP contribution >= 0.6 is 0 Å². The second kappa shape index (κ2) is 6.00. The second-order valence-corrected chi connectivity index (χ2v) is 6.56. The smallest absolute Gasteiger partial charge is 0.326 e. The molecule has 0 spiro atoms.